The third-order valence-electron chi connectivity index (χ3n) is 3.01. The molecule has 0 aliphatic carbocycles. The average Bonchev–Trinajstić information content (AvgIpc) is 2.47. The van der Waals surface area contributed by atoms with Crippen LogP contribution in [0, 0.1) is 0 Å². The zero-order valence-corrected chi connectivity index (χ0v) is 11.0. The molecule has 0 saturated carbocycles. The van der Waals surface area contributed by atoms with Gasteiger partial charge in [-0.1, -0.05) is 66.2 Å². The van der Waals surface area contributed by atoms with E-state index in [2.05, 4.69) is 47.5 Å². The van der Waals surface area contributed by atoms with Gasteiger partial charge in [0.1, 0.15) is 5.15 Å². The Morgan fingerprint density at radius 2 is 1.63 bits per heavy atom. The molecule has 0 aliphatic rings. The zero-order chi connectivity index (χ0) is 13.1. The first kappa shape index (κ1) is 11.9. The minimum absolute atomic E-state index is 0.549. The van der Waals surface area contributed by atoms with E-state index < -0.39 is 0 Å². The lowest BCUT2D eigenvalue weighted by Crippen LogP contribution is -1.80. The van der Waals surface area contributed by atoms with Crippen molar-refractivity contribution in [1.82, 2.24) is 4.98 Å². The Hall–Kier alpha value is -2.12. The molecule has 0 N–H and O–H groups in total. The molecule has 1 aromatic heterocycles. The summed E-state index contributed by atoms with van der Waals surface area (Å²) in [7, 11) is 0. The highest BCUT2D eigenvalue weighted by Gasteiger charge is 1.99. The minimum atomic E-state index is 0.549. The molecule has 3 rings (SSSR count). The summed E-state index contributed by atoms with van der Waals surface area (Å²) in [4.78, 5) is 4.11. The molecule has 0 aliphatic heterocycles. The summed E-state index contributed by atoms with van der Waals surface area (Å²) >= 11 is 6.11. The molecule has 19 heavy (non-hydrogen) atoms. The van der Waals surface area contributed by atoms with Crippen molar-refractivity contribution < 1.29 is 0 Å². The molecule has 0 atom stereocenters. The number of halogens is 1. The van der Waals surface area contributed by atoms with Gasteiger partial charge in [0.05, 0.1) is 0 Å². The zero-order valence-electron chi connectivity index (χ0n) is 10.3. The fourth-order valence-electron chi connectivity index (χ4n) is 2.01. The first-order valence-electron chi connectivity index (χ1n) is 6.10. The van der Waals surface area contributed by atoms with Crippen LogP contribution in [0.3, 0.4) is 0 Å². The maximum absolute atomic E-state index is 6.11. The SMILES string of the molecule is Clc1nccc2ccc(/C=C/c3ccccc3)cc12. The van der Waals surface area contributed by atoms with Crippen molar-refractivity contribution in [2.75, 3.05) is 0 Å². The summed E-state index contributed by atoms with van der Waals surface area (Å²) in [6.45, 7) is 0. The van der Waals surface area contributed by atoms with Crippen molar-refractivity contribution in [1.29, 1.82) is 0 Å². The van der Waals surface area contributed by atoms with Gasteiger partial charge in [0.2, 0.25) is 0 Å². The normalized spacial score (nSPS) is 11.2. The molecule has 0 amide bonds. The highest BCUT2D eigenvalue weighted by Crippen LogP contribution is 2.23. The summed E-state index contributed by atoms with van der Waals surface area (Å²) in [5, 5.41) is 2.64. The number of fused-ring (bicyclic) bond motifs is 1. The third kappa shape index (κ3) is 2.67. The topological polar surface area (TPSA) is 12.9 Å². The van der Waals surface area contributed by atoms with Gasteiger partial charge in [-0.2, -0.15) is 0 Å². The average molecular weight is 266 g/mol. The molecular formula is C17H12ClN. The van der Waals surface area contributed by atoms with E-state index in [9.17, 15) is 0 Å². The summed E-state index contributed by atoms with van der Waals surface area (Å²) in [5.74, 6) is 0. The number of benzene rings is 2. The number of hydrogen-bond donors (Lipinski definition) is 0. The molecule has 0 bridgehead atoms. The van der Waals surface area contributed by atoms with E-state index in [1.165, 1.54) is 5.56 Å². The number of rotatable bonds is 2. The van der Waals surface area contributed by atoms with Crippen molar-refractivity contribution in [2.24, 2.45) is 0 Å². The summed E-state index contributed by atoms with van der Waals surface area (Å²) in [6, 6.07) is 18.4. The van der Waals surface area contributed by atoms with Crippen LogP contribution < -0.4 is 0 Å². The van der Waals surface area contributed by atoms with Gasteiger partial charge >= 0.3 is 0 Å². The molecule has 2 aromatic carbocycles. The Balaban J connectivity index is 1.98. The van der Waals surface area contributed by atoms with Gasteiger partial charge < -0.3 is 0 Å². The summed E-state index contributed by atoms with van der Waals surface area (Å²) < 4.78 is 0. The van der Waals surface area contributed by atoms with Crippen LogP contribution in [0.1, 0.15) is 11.1 Å². The number of hydrogen-bond acceptors (Lipinski definition) is 1. The predicted molar refractivity (Wildman–Crippen MR) is 82.1 cm³/mol. The first-order chi connectivity index (χ1) is 9.33. The molecule has 0 spiro atoms. The van der Waals surface area contributed by atoms with E-state index >= 15 is 0 Å². The monoisotopic (exact) mass is 265 g/mol. The van der Waals surface area contributed by atoms with Gasteiger partial charge in [0.15, 0.2) is 0 Å². The molecule has 0 fully saturated rings. The van der Waals surface area contributed by atoms with Crippen LogP contribution in [-0.2, 0) is 0 Å². The quantitative estimate of drug-likeness (QED) is 0.466. The Morgan fingerprint density at radius 1 is 0.842 bits per heavy atom. The minimum Gasteiger partial charge on any atom is -0.244 e. The Kier molecular flexibility index (Phi) is 3.30. The van der Waals surface area contributed by atoms with E-state index in [1.54, 1.807) is 6.20 Å². The fourth-order valence-corrected chi connectivity index (χ4v) is 2.23. The summed E-state index contributed by atoms with van der Waals surface area (Å²) in [5.41, 5.74) is 2.30. The van der Waals surface area contributed by atoms with Crippen molar-refractivity contribution in [3.63, 3.8) is 0 Å². The van der Waals surface area contributed by atoms with Gasteiger partial charge in [0, 0.05) is 11.6 Å². The van der Waals surface area contributed by atoms with Crippen LogP contribution in [-0.4, -0.2) is 4.98 Å². The smallest absolute Gasteiger partial charge is 0.136 e. The van der Waals surface area contributed by atoms with E-state index in [0.717, 1.165) is 16.3 Å². The van der Waals surface area contributed by atoms with Crippen LogP contribution in [0.4, 0.5) is 0 Å². The van der Waals surface area contributed by atoms with Gasteiger partial charge in [-0.25, -0.2) is 4.98 Å². The van der Waals surface area contributed by atoms with E-state index in [0.29, 0.717) is 5.15 Å². The van der Waals surface area contributed by atoms with E-state index in [4.69, 9.17) is 11.6 Å². The predicted octanol–water partition coefficient (Wildman–Crippen LogP) is 5.06. The lowest BCUT2D eigenvalue weighted by atomic mass is 10.1. The molecule has 3 aromatic rings. The molecule has 0 radical (unpaired) electrons. The van der Waals surface area contributed by atoms with Gasteiger partial charge in [-0.3, -0.25) is 0 Å². The van der Waals surface area contributed by atoms with E-state index in [1.807, 2.05) is 24.3 Å². The highest BCUT2D eigenvalue weighted by atomic mass is 35.5. The first-order valence-corrected chi connectivity index (χ1v) is 6.48. The molecule has 0 unspecified atom stereocenters. The maximum Gasteiger partial charge on any atom is 0.136 e. The van der Waals surface area contributed by atoms with Crippen molar-refractivity contribution in [3.05, 3.63) is 77.1 Å². The second-order valence-electron chi connectivity index (χ2n) is 4.33. The fraction of sp³-hybridized carbons (Fsp3) is 0. The Bertz CT molecular complexity index is 733. The number of pyridine rings is 1. The Labute approximate surface area is 117 Å². The standard InChI is InChI=1S/C17H12ClN/c18-17-16-12-14(8-9-15(16)10-11-19-17)7-6-13-4-2-1-3-5-13/h1-12H/b7-6+. The highest BCUT2D eigenvalue weighted by molar-refractivity contribution is 6.34. The van der Waals surface area contributed by atoms with Crippen molar-refractivity contribution in [2.45, 2.75) is 0 Å². The van der Waals surface area contributed by atoms with Crippen molar-refractivity contribution in [3.8, 4) is 0 Å². The van der Waals surface area contributed by atoms with Crippen LogP contribution in [0.15, 0.2) is 60.8 Å². The second kappa shape index (κ2) is 5.25. The Morgan fingerprint density at radius 3 is 2.47 bits per heavy atom. The molecule has 1 heterocycles. The van der Waals surface area contributed by atoms with Crippen LogP contribution in [0.5, 0.6) is 0 Å². The maximum atomic E-state index is 6.11. The summed E-state index contributed by atoms with van der Waals surface area (Å²) in [6.07, 6.45) is 5.90. The number of aromatic nitrogens is 1. The molecule has 1 nitrogen and oxygen atoms in total. The van der Waals surface area contributed by atoms with Gasteiger partial charge in [0.25, 0.3) is 0 Å². The molecule has 92 valence electrons. The van der Waals surface area contributed by atoms with Crippen molar-refractivity contribution >= 4 is 34.5 Å². The molecular weight excluding hydrogens is 254 g/mol. The lowest BCUT2D eigenvalue weighted by Gasteiger charge is -2.01. The largest absolute Gasteiger partial charge is 0.244 e. The third-order valence-corrected chi connectivity index (χ3v) is 3.31. The second-order valence-corrected chi connectivity index (χ2v) is 4.68. The molecule has 2 heteroatoms. The van der Waals surface area contributed by atoms with Gasteiger partial charge in [-0.15, -0.1) is 0 Å². The van der Waals surface area contributed by atoms with Crippen LogP contribution in [0.2, 0.25) is 5.15 Å². The van der Waals surface area contributed by atoms with E-state index in [-0.39, 0.29) is 0 Å². The lowest BCUT2D eigenvalue weighted by molar-refractivity contribution is 1.36. The molecule has 0 saturated heterocycles. The number of nitrogens with zero attached hydrogens (tertiary/aromatic N) is 1. The van der Waals surface area contributed by atoms with Gasteiger partial charge in [-0.05, 0) is 28.6 Å². The van der Waals surface area contributed by atoms with Crippen LogP contribution in [0.25, 0.3) is 22.9 Å². The van der Waals surface area contributed by atoms with Crippen LogP contribution >= 0.6 is 11.6 Å².